The van der Waals surface area contributed by atoms with Crippen molar-refractivity contribution in [1.29, 1.82) is 0 Å². The van der Waals surface area contributed by atoms with Gasteiger partial charge in [-0.3, -0.25) is 14.4 Å². The van der Waals surface area contributed by atoms with Crippen molar-refractivity contribution in [1.82, 2.24) is 5.32 Å². The maximum absolute atomic E-state index is 12.1. The minimum absolute atomic E-state index is 0.106. The van der Waals surface area contributed by atoms with Crippen molar-refractivity contribution >= 4 is 29.3 Å². The first-order chi connectivity index (χ1) is 12.5. The van der Waals surface area contributed by atoms with Crippen molar-refractivity contribution in [3.63, 3.8) is 0 Å². The summed E-state index contributed by atoms with van der Waals surface area (Å²) in [6.45, 7) is -0.680. The molecule has 0 spiro atoms. The molecule has 1 aliphatic rings. The minimum atomic E-state index is -0.721. The quantitative estimate of drug-likeness (QED) is 0.615. The van der Waals surface area contributed by atoms with Gasteiger partial charge in [-0.1, -0.05) is 11.6 Å². The van der Waals surface area contributed by atoms with Crippen molar-refractivity contribution in [2.45, 2.75) is 0 Å². The third kappa shape index (κ3) is 4.31. The SMILES string of the molecule is O=C(CNC(=O)c1ccc(Cl)cc1)OCC(=O)c1ccc2c(c1)OCO2. The van der Waals surface area contributed by atoms with E-state index in [1.165, 1.54) is 18.2 Å². The standard InChI is InChI=1S/C18H14ClNO6/c19-13-4-1-11(2-5-13)18(23)20-8-17(22)24-9-14(21)12-3-6-15-16(7-12)26-10-25-15/h1-7H,8-10H2,(H,20,23). The monoisotopic (exact) mass is 375 g/mol. The first kappa shape index (κ1) is 17.8. The molecule has 0 aromatic heterocycles. The lowest BCUT2D eigenvalue weighted by molar-refractivity contribution is -0.141. The van der Waals surface area contributed by atoms with E-state index in [0.29, 0.717) is 27.6 Å². The van der Waals surface area contributed by atoms with Crippen LogP contribution in [0.15, 0.2) is 42.5 Å². The molecule has 1 heterocycles. The molecular formula is C18H14ClNO6. The van der Waals surface area contributed by atoms with E-state index in [1.54, 1.807) is 24.3 Å². The number of hydrogen-bond donors (Lipinski definition) is 1. The van der Waals surface area contributed by atoms with Gasteiger partial charge in [0.25, 0.3) is 5.91 Å². The number of hydrogen-bond acceptors (Lipinski definition) is 6. The highest BCUT2D eigenvalue weighted by atomic mass is 35.5. The molecule has 3 rings (SSSR count). The summed E-state index contributed by atoms with van der Waals surface area (Å²) in [4.78, 5) is 35.6. The summed E-state index contributed by atoms with van der Waals surface area (Å²) in [6.07, 6.45) is 0. The normalized spacial score (nSPS) is 11.7. The molecule has 1 amide bonds. The average Bonchev–Trinajstić information content (AvgIpc) is 3.12. The van der Waals surface area contributed by atoms with Crippen molar-refractivity contribution in [3.8, 4) is 11.5 Å². The van der Waals surface area contributed by atoms with Crippen LogP contribution >= 0.6 is 11.6 Å². The third-order valence-corrected chi connectivity index (χ3v) is 3.81. The van der Waals surface area contributed by atoms with E-state index in [-0.39, 0.29) is 19.1 Å². The number of carbonyl (C=O) groups is 3. The molecule has 134 valence electrons. The summed E-state index contributed by atoms with van der Waals surface area (Å²) >= 11 is 5.74. The topological polar surface area (TPSA) is 90.9 Å². The van der Waals surface area contributed by atoms with Gasteiger partial charge in [0.2, 0.25) is 6.79 Å². The van der Waals surface area contributed by atoms with Crippen LogP contribution in [-0.2, 0) is 9.53 Å². The summed E-state index contributed by atoms with van der Waals surface area (Å²) in [5, 5.41) is 2.91. The molecule has 8 heteroatoms. The molecule has 0 bridgehead atoms. The zero-order chi connectivity index (χ0) is 18.5. The largest absolute Gasteiger partial charge is 0.456 e. The van der Waals surface area contributed by atoms with Crippen LogP contribution < -0.4 is 14.8 Å². The van der Waals surface area contributed by atoms with Gasteiger partial charge in [0, 0.05) is 16.1 Å². The molecule has 1 N–H and O–H groups in total. The Morgan fingerprint density at radius 1 is 1.00 bits per heavy atom. The van der Waals surface area contributed by atoms with Crippen LogP contribution in [0, 0.1) is 0 Å². The van der Waals surface area contributed by atoms with Crippen LogP contribution in [0.4, 0.5) is 0 Å². The van der Waals surface area contributed by atoms with Crippen LogP contribution in [0.3, 0.4) is 0 Å². The number of halogens is 1. The van der Waals surface area contributed by atoms with E-state index in [0.717, 1.165) is 0 Å². The highest BCUT2D eigenvalue weighted by Crippen LogP contribution is 2.32. The molecule has 2 aromatic rings. The first-order valence-electron chi connectivity index (χ1n) is 7.65. The van der Waals surface area contributed by atoms with Crippen LogP contribution in [0.2, 0.25) is 5.02 Å². The Balaban J connectivity index is 1.45. The number of ether oxygens (including phenoxy) is 3. The van der Waals surface area contributed by atoms with Gasteiger partial charge in [0.1, 0.15) is 6.54 Å². The molecule has 0 aliphatic carbocycles. The van der Waals surface area contributed by atoms with E-state index in [9.17, 15) is 14.4 Å². The van der Waals surface area contributed by atoms with E-state index in [2.05, 4.69) is 5.32 Å². The molecule has 26 heavy (non-hydrogen) atoms. The molecule has 0 saturated heterocycles. The number of nitrogens with one attached hydrogen (secondary N) is 1. The van der Waals surface area contributed by atoms with Gasteiger partial charge in [-0.2, -0.15) is 0 Å². The van der Waals surface area contributed by atoms with Crippen LogP contribution in [0.5, 0.6) is 11.5 Å². The summed E-state index contributed by atoms with van der Waals surface area (Å²) < 4.78 is 15.2. The van der Waals surface area contributed by atoms with Gasteiger partial charge in [0.05, 0.1) is 0 Å². The number of ketones is 1. The summed E-state index contributed by atoms with van der Waals surface area (Å²) in [5.41, 5.74) is 0.700. The summed E-state index contributed by atoms with van der Waals surface area (Å²) in [6, 6.07) is 10.9. The predicted octanol–water partition coefficient (Wildman–Crippen LogP) is 2.22. The predicted molar refractivity (Wildman–Crippen MR) is 91.6 cm³/mol. The molecular weight excluding hydrogens is 362 g/mol. The molecule has 1 aliphatic heterocycles. The maximum Gasteiger partial charge on any atom is 0.325 e. The highest BCUT2D eigenvalue weighted by Gasteiger charge is 2.17. The lowest BCUT2D eigenvalue weighted by Crippen LogP contribution is -2.31. The number of benzene rings is 2. The fourth-order valence-electron chi connectivity index (χ4n) is 2.21. The molecule has 0 atom stereocenters. The first-order valence-corrected chi connectivity index (χ1v) is 8.03. The molecule has 0 fully saturated rings. The summed E-state index contributed by atoms with van der Waals surface area (Å²) in [5.74, 6) is -0.524. The van der Waals surface area contributed by atoms with Crippen molar-refractivity contribution < 1.29 is 28.6 Å². The second kappa shape index (κ2) is 7.88. The molecule has 0 saturated carbocycles. The minimum Gasteiger partial charge on any atom is -0.456 e. The molecule has 7 nitrogen and oxygen atoms in total. The van der Waals surface area contributed by atoms with E-state index in [1.807, 2.05) is 0 Å². The zero-order valence-electron chi connectivity index (χ0n) is 13.5. The zero-order valence-corrected chi connectivity index (χ0v) is 14.2. The van der Waals surface area contributed by atoms with Crippen LogP contribution in [0.1, 0.15) is 20.7 Å². The van der Waals surface area contributed by atoms with Crippen LogP contribution in [0.25, 0.3) is 0 Å². The van der Waals surface area contributed by atoms with Crippen molar-refractivity contribution in [3.05, 3.63) is 58.6 Å². The Hall–Kier alpha value is -3.06. The van der Waals surface area contributed by atoms with E-state index < -0.39 is 18.5 Å². The molecule has 0 radical (unpaired) electrons. The molecule has 2 aromatic carbocycles. The van der Waals surface area contributed by atoms with Gasteiger partial charge in [-0.25, -0.2) is 0 Å². The van der Waals surface area contributed by atoms with Crippen molar-refractivity contribution in [2.75, 3.05) is 19.9 Å². The number of amides is 1. The smallest absolute Gasteiger partial charge is 0.325 e. The second-order valence-electron chi connectivity index (χ2n) is 5.34. The number of fused-ring (bicyclic) bond motifs is 1. The van der Waals surface area contributed by atoms with Gasteiger partial charge in [-0.05, 0) is 42.5 Å². The number of carbonyl (C=O) groups excluding carboxylic acids is 3. The Kier molecular flexibility index (Phi) is 5.38. The van der Waals surface area contributed by atoms with Gasteiger partial charge in [0.15, 0.2) is 23.9 Å². The van der Waals surface area contributed by atoms with E-state index in [4.69, 9.17) is 25.8 Å². The number of Topliss-reactive ketones (excluding diaryl/α,β-unsaturated/α-hetero) is 1. The van der Waals surface area contributed by atoms with Crippen molar-refractivity contribution in [2.24, 2.45) is 0 Å². The number of esters is 1. The number of rotatable bonds is 6. The van der Waals surface area contributed by atoms with E-state index >= 15 is 0 Å². The van der Waals surface area contributed by atoms with Gasteiger partial charge >= 0.3 is 5.97 Å². The fraction of sp³-hybridized carbons (Fsp3) is 0.167. The fourth-order valence-corrected chi connectivity index (χ4v) is 2.33. The Bertz CT molecular complexity index is 849. The summed E-state index contributed by atoms with van der Waals surface area (Å²) in [7, 11) is 0. The Morgan fingerprint density at radius 3 is 2.46 bits per heavy atom. The Labute approximate surface area is 153 Å². The van der Waals surface area contributed by atoms with Crippen LogP contribution in [-0.4, -0.2) is 37.6 Å². The lowest BCUT2D eigenvalue weighted by Gasteiger charge is -2.07. The maximum atomic E-state index is 12.1. The Morgan fingerprint density at radius 2 is 1.69 bits per heavy atom. The molecule has 0 unspecified atom stereocenters. The van der Waals surface area contributed by atoms with Gasteiger partial charge < -0.3 is 19.5 Å². The van der Waals surface area contributed by atoms with Gasteiger partial charge in [-0.15, -0.1) is 0 Å². The lowest BCUT2D eigenvalue weighted by atomic mass is 10.1. The average molecular weight is 376 g/mol. The second-order valence-corrected chi connectivity index (χ2v) is 5.78. The third-order valence-electron chi connectivity index (χ3n) is 3.56. The highest BCUT2D eigenvalue weighted by molar-refractivity contribution is 6.30.